The Morgan fingerprint density at radius 2 is 2.00 bits per heavy atom. The zero-order chi connectivity index (χ0) is 13.9. The van der Waals surface area contributed by atoms with Gasteiger partial charge in [0.15, 0.2) is 9.84 Å². The largest absolute Gasteiger partial charge is 0.319 e. The van der Waals surface area contributed by atoms with Gasteiger partial charge in [-0.3, -0.25) is 0 Å². The summed E-state index contributed by atoms with van der Waals surface area (Å²) in [6, 6.07) is 8.49. The zero-order valence-corrected chi connectivity index (χ0v) is 12.5. The predicted octanol–water partition coefficient (Wildman–Crippen LogP) is 2.12. The Kier molecular flexibility index (Phi) is 4.63. The van der Waals surface area contributed by atoms with Gasteiger partial charge in [0.1, 0.15) is 0 Å². The van der Waals surface area contributed by atoms with Gasteiger partial charge < -0.3 is 5.32 Å². The molecule has 0 radical (unpaired) electrons. The first-order valence-corrected chi connectivity index (χ1v) is 8.75. The number of rotatable bonds is 4. The highest BCUT2D eigenvalue weighted by Gasteiger charge is 2.31. The van der Waals surface area contributed by atoms with Crippen molar-refractivity contribution >= 4 is 9.84 Å². The molecule has 0 aliphatic carbocycles. The smallest absolute Gasteiger partial charge is 0.150 e. The second-order valence-electron chi connectivity index (χ2n) is 5.59. The maximum absolute atomic E-state index is 11.8. The fourth-order valence-corrected chi connectivity index (χ4v) is 4.79. The molecule has 0 aromatic heterocycles. The van der Waals surface area contributed by atoms with Gasteiger partial charge in [-0.25, -0.2) is 8.42 Å². The molecule has 0 amide bonds. The van der Waals surface area contributed by atoms with Gasteiger partial charge in [-0.1, -0.05) is 29.8 Å². The van der Waals surface area contributed by atoms with Gasteiger partial charge in [0.25, 0.3) is 0 Å². The van der Waals surface area contributed by atoms with Crippen LogP contribution in [0.5, 0.6) is 0 Å². The topological polar surface area (TPSA) is 46.2 Å². The number of hydrogen-bond donors (Lipinski definition) is 1. The van der Waals surface area contributed by atoms with E-state index in [4.69, 9.17) is 0 Å². The van der Waals surface area contributed by atoms with Crippen LogP contribution in [0, 0.1) is 12.8 Å². The van der Waals surface area contributed by atoms with E-state index >= 15 is 0 Å². The number of nitrogens with one attached hydrogen (secondary N) is 1. The average molecular weight is 281 g/mol. The molecule has 1 aromatic rings. The van der Waals surface area contributed by atoms with E-state index in [-0.39, 0.29) is 5.92 Å². The third-order valence-electron chi connectivity index (χ3n) is 4.00. The minimum Gasteiger partial charge on any atom is -0.319 e. The van der Waals surface area contributed by atoms with Crippen molar-refractivity contribution in [2.24, 2.45) is 5.92 Å². The van der Waals surface area contributed by atoms with Gasteiger partial charge in [-0.15, -0.1) is 0 Å². The fourth-order valence-electron chi connectivity index (χ4n) is 2.97. The van der Waals surface area contributed by atoms with E-state index < -0.39 is 9.84 Å². The molecule has 0 spiro atoms. The van der Waals surface area contributed by atoms with Gasteiger partial charge in [-0.2, -0.15) is 0 Å². The number of benzene rings is 1. The lowest BCUT2D eigenvalue weighted by Gasteiger charge is -2.30. The zero-order valence-electron chi connectivity index (χ0n) is 11.7. The Bertz CT molecular complexity index is 507. The first-order valence-electron chi connectivity index (χ1n) is 6.93. The van der Waals surface area contributed by atoms with Crippen molar-refractivity contribution in [3.8, 4) is 0 Å². The molecule has 1 saturated heterocycles. The molecule has 1 aromatic carbocycles. The van der Waals surface area contributed by atoms with E-state index in [1.807, 2.05) is 7.05 Å². The van der Waals surface area contributed by atoms with E-state index in [9.17, 15) is 8.42 Å². The van der Waals surface area contributed by atoms with Gasteiger partial charge in [0, 0.05) is 12.5 Å². The third kappa shape index (κ3) is 3.80. The molecule has 1 heterocycles. The highest BCUT2D eigenvalue weighted by atomic mass is 32.2. The Morgan fingerprint density at radius 1 is 1.32 bits per heavy atom. The molecular weight excluding hydrogens is 258 g/mol. The maximum atomic E-state index is 11.8. The molecule has 1 aliphatic rings. The van der Waals surface area contributed by atoms with Crippen LogP contribution >= 0.6 is 0 Å². The second-order valence-corrected chi connectivity index (χ2v) is 7.82. The van der Waals surface area contributed by atoms with Gasteiger partial charge in [-0.05, 0) is 38.3 Å². The summed E-state index contributed by atoms with van der Waals surface area (Å²) in [5.74, 6) is 1.24. The molecule has 0 saturated carbocycles. The minimum absolute atomic E-state index is 0.244. The Balaban J connectivity index is 2.22. The monoisotopic (exact) mass is 281 g/mol. The molecule has 1 fully saturated rings. The molecule has 2 unspecified atom stereocenters. The summed E-state index contributed by atoms with van der Waals surface area (Å²) in [6.45, 7) is 2.91. The lowest BCUT2D eigenvalue weighted by atomic mass is 9.84. The lowest BCUT2D eigenvalue weighted by Crippen LogP contribution is -2.33. The minimum atomic E-state index is -2.84. The van der Waals surface area contributed by atoms with E-state index in [1.54, 1.807) is 0 Å². The molecule has 0 bridgehead atoms. The standard InChI is InChI=1S/C15H23NO2S/c1-12-5-7-13(8-6-12)15(10-16-2)14-4-3-9-19(17,18)11-14/h5-8,14-16H,3-4,9-11H2,1-2H3. The van der Waals surface area contributed by atoms with Crippen LogP contribution in [0.15, 0.2) is 24.3 Å². The Morgan fingerprint density at radius 3 is 2.58 bits per heavy atom. The molecule has 2 atom stereocenters. The molecular formula is C15H23NO2S. The van der Waals surface area contributed by atoms with Crippen LogP contribution < -0.4 is 5.32 Å². The van der Waals surface area contributed by atoms with Crippen molar-refractivity contribution < 1.29 is 8.42 Å². The molecule has 1 N–H and O–H groups in total. The number of sulfone groups is 1. The van der Waals surface area contributed by atoms with E-state index in [0.717, 1.165) is 19.4 Å². The summed E-state index contributed by atoms with van der Waals surface area (Å²) in [5.41, 5.74) is 2.49. The molecule has 106 valence electrons. The van der Waals surface area contributed by atoms with Crippen molar-refractivity contribution in [1.29, 1.82) is 0 Å². The van der Waals surface area contributed by atoms with Crippen molar-refractivity contribution in [2.75, 3.05) is 25.1 Å². The second kappa shape index (κ2) is 6.06. The highest BCUT2D eigenvalue weighted by molar-refractivity contribution is 7.91. The van der Waals surface area contributed by atoms with Crippen molar-refractivity contribution in [2.45, 2.75) is 25.7 Å². The molecule has 3 nitrogen and oxygen atoms in total. The summed E-state index contributed by atoms with van der Waals surface area (Å²) < 4.78 is 23.7. The lowest BCUT2D eigenvalue weighted by molar-refractivity contribution is 0.398. The number of likely N-dealkylation sites (N-methyl/N-ethyl adjacent to an activating group) is 1. The van der Waals surface area contributed by atoms with Crippen LogP contribution in [0.2, 0.25) is 0 Å². The van der Waals surface area contributed by atoms with Crippen LogP contribution in [-0.2, 0) is 9.84 Å². The number of aryl methyl sites for hydroxylation is 1. The maximum Gasteiger partial charge on any atom is 0.150 e. The number of hydrogen-bond acceptors (Lipinski definition) is 3. The molecule has 1 aliphatic heterocycles. The van der Waals surface area contributed by atoms with Crippen molar-refractivity contribution in [3.63, 3.8) is 0 Å². The summed E-state index contributed by atoms with van der Waals surface area (Å²) in [7, 11) is -0.910. The fraction of sp³-hybridized carbons (Fsp3) is 0.600. The van der Waals surface area contributed by atoms with E-state index in [1.165, 1.54) is 11.1 Å². The summed E-state index contributed by atoms with van der Waals surface area (Å²) in [4.78, 5) is 0. The summed E-state index contributed by atoms with van der Waals surface area (Å²) in [5, 5.41) is 3.21. The molecule has 19 heavy (non-hydrogen) atoms. The predicted molar refractivity (Wildman–Crippen MR) is 79.2 cm³/mol. The van der Waals surface area contributed by atoms with Crippen LogP contribution in [0.3, 0.4) is 0 Å². The van der Waals surface area contributed by atoms with Crippen molar-refractivity contribution in [1.82, 2.24) is 5.32 Å². The summed E-state index contributed by atoms with van der Waals surface area (Å²) in [6.07, 6.45) is 1.82. The molecule has 4 heteroatoms. The normalized spacial score (nSPS) is 24.0. The Hall–Kier alpha value is -0.870. The summed E-state index contributed by atoms with van der Waals surface area (Å²) >= 11 is 0. The SMILES string of the molecule is CNCC(c1ccc(C)cc1)C1CCCS(=O)(=O)C1. The first kappa shape index (κ1) is 14.5. The van der Waals surface area contributed by atoms with Gasteiger partial charge >= 0.3 is 0 Å². The van der Waals surface area contributed by atoms with Crippen LogP contribution in [0.4, 0.5) is 0 Å². The third-order valence-corrected chi connectivity index (χ3v) is 5.84. The van der Waals surface area contributed by atoms with E-state index in [0.29, 0.717) is 17.4 Å². The van der Waals surface area contributed by atoms with Gasteiger partial charge in [0.2, 0.25) is 0 Å². The van der Waals surface area contributed by atoms with Crippen LogP contribution in [-0.4, -0.2) is 33.5 Å². The highest BCUT2D eigenvalue weighted by Crippen LogP contribution is 2.32. The van der Waals surface area contributed by atoms with Crippen LogP contribution in [0.25, 0.3) is 0 Å². The quantitative estimate of drug-likeness (QED) is 0.919. The average Bonchev–Trinajstić information content (AvgIpc) is 2.36. The van der Waals surface area contributed by atoms with E-state index in [2.05, 4.69) is 36.5 Å². The van der Waals surface area contributed by atoms with Gasteiger partial charge in [0.05, 0.1) is 11.5 Å². The van der Waals surface area contributed by atoms with Crippen molar-refractivity contribution in [3.05, 3.63) is 35.4 Å². The first-order chi connectivity index (χ1) is 9.02. The van der Waals surface area contributed by atoms with Crippen LogP contribution in [0.1, 0.15) is 29.9 Å². The Labute approximate surface area is 116 Å². The molecule has 2 rings (SSSR count).